The molecule has 4 heteroatoms. The number of hydrogen-bond donors (Lipinski definition) is 0. The van der Waals surface area contributed by atoms with Crippen molar-refractivity contribution in [3.05, 3.63) is 162 Å². The maximum absolute atomic E-state index is 6.49. The molecule has 7 aromatic rings. The molecule has 0 fully saturated rings. The molecule has 0 spiro atoms. The average Bonchev–Trinajstić information content (AvgIpc) is 3.50. The molecular formula is C41H27N3O. The Morgan fingerprint density at radius 3 is 1.98 bits per heavy atom. The quantitative estimate of drug-likeness (QED) is 0.209. The zero-order chi connectivity index (χ0) is 29.7. The highest BCUT2D eigenvalue weighted by Crippen LogP contribution is 2.43. The van der Waals surface area contributed by atoms with Crippen molar-refractivity contribution in [1.82, 2.24) is 15.0 Å². The second kappa shape index (κ2) is 10.4. The van der Waals surface area contributed by atoms with Crippen molar-refractivity contribution in [2.24, 2.45) is 5.92 Å². The summed E-state index contributed by atoms with van der Waals surface area (Å²) in [6.45, 7) is 0. The molecule has 0 radical (unpaired) electrons. The molecule has 4 nitrogen and oxygen atoms in total. The van der Waals surface area contributed by atoms with E-state index in [-0.39, 0.29) is 5.92 Å². The SMILES string of the molecule is C1=CC2c3ccccc3C=CC2C=C1c1cc(-c2nc(-c3ccccc3)nc(-c3ccccc3)n2)c2c(c1)oc1ccccc12. The third-order valence-electron chi connectivity index (χ3n) is 8.88. The highest BCUT2D eigenvalue weighted by atomic mass is 16.3. The van der Waals surface area contributed by atoms with Crippen molar-refractivity contribution in [1.29, 1.82) is 0 Å². The Morgan fingerprint density at radius 2 is 1.20 bits per heavy atom. The number of nitrogens with zero attached hydrogens (tertiary/aromatic N) is 3. The Bertz CT molecular complexity index is 2270. The van der Waals surface area contributed by atoms with Crippen LogP contribution < -0.4 is 0 Å². The van der Waals surface area contributed by atoms with E-state index >= 15 is 0 Å². The van der Waals surface area contributed by atoms with Crippen LogP contribution in [0.25, 0.3) is 67.8 Å². The van der Waals surface area contributed by atoms with Crippen LogP contribution in [0.2, 0.25) is 0 Å². The molecule has 9 rings (SSSR count). The molecule has 2 unspecified atom stereocenters. The fourth-order valence-corrected chi connectivity index (χ4v) is 6.69. The van der Waals surface area contributed by atoms with E-state index in [9.17, 15) is 0 Å². The number of furan rings is 1. The van der Waals surface area contributed by atoms with Gasteiger partial charge in [0.25, 0.3) is 0 Å². The third kappa shape index (κ3) is 4.42. The lowest BCUT2D eigenvalue weighted by atomic mass is 9.75. The van der Waals surface area contributed by atoms with Crippen LogP contribution in [0, 0.1) is 5.92 Å². The normalized spacial score (nSPS) is 16.8. The lowest BCUT2D eigenvalue weighted by molar-refractivity contribution is 0.668. The zero-order valence-corrected chi connectivity index (χ0v) is 24.3. The van der Waals surface area contributed by atoms with Gasteiger partial charge in [-0.05, 0) is 40.5 Å². The molecule has 2 heterocycles. The lowest BCUT2D eigenvalue weighted by Gasteiger charge is -2.29. The third-order valence-corrected chi connectivity index (χ3v) is 8.88. The first-order valence-electron chi connectivity index (χ1n) is 15.3. The predicted octanol–water partition coefficient (Wildman–Crippen LogP) is 10.2. The van der Waals surface area contributed by atoms with Crippen molar-refractivity contribution in [2.45, 2.75) is 5.92 Å². The van der Waals surface area contributed by atoms with Crippen LogP contribution in [0.5, 0.6) is 0 Å². The number of rotatable bonds is 4. The van der Waals surface area contributed by atoms with E-state index in [1.165, 1.54) is 11.1 Å². The molecular weight excluding hydrogens is 550 g/mol. The van der Waals surface area contributed by atoms with E-state index in [0.717, 1.165) is 49.8 Å². The predicted molar refractivity (Wildman–Crippen MR) is 182 cm³/mol. The summed E-state index contributed by atoms with van der Waals surface area (Å²) in [4.78, 5) is 15.1. The Balaban J connectivity index is 1.26. The van der Waals surface area contributed by atoms with Crippen molar-refractivity contribution >= 4 is 33.6 Å². The van der Waals surface area contributed by atoms with Gasteiger partial charge in [-0.15, -0.1) is 0 Å². The Hall–Kier alpha value is -5.87. The Labute approximate surface area is 260 Å². The highest BCUT2D eigenvalue weighted by Gasteiger charge is 2.26. The van der Waals surface area contributed by atoms with Gasteiger partial charge >= 0.3 is 0 Å². The van der Waals surface area contributed by atoms with E-state index < -0.39 is 0 Å². The number of fused-ring (bicyclic) bond motifs is 6. The molecule has 0 amide bonds. The first kappa shape index (κ1) is 25.6. The molecule has 0 saturated carbocycles. The summed E-state index contributed by atoms with van der Waals surface area (Å²) in [5.74, 6) is 2.50. The van der Waals surface area contributed by atoms with Crippen LogP contribution in [0.4, 0.5) is 0 Å². The van der Waals surface area contributed by atoms with Gasteiger partial charge in [-0.1, -0.05) is 134 Å². The first-order valence-corrected chi connectivity index (χ1v) is 15.3. The van der Waals surface area contributed by atoms with E-state index in [1.807, 2.05) is 78.9 Å². The minimum atomic E-state index is 0.279. The lowest BCUT2D eigenvalue weighted by Crippen LogP contribution is -2.14. The van der Waals surface area contributed by atoms with Gasteiger partial charge in [0.2, 0.25) is 0 Å². The van der Waals surface area contributed by atoms with Gasteiger partial charge in [-0.25, -0.2) is 15.0 Å². The van der Waals surface area contributed by atoms with E-state index in [2.05, 4.69) is 72.8 Å². The van der Waals surface area contributed by atoms with Gasteiger partial charge in [-0.2, -0.15) is 0 Å². The van der Waals surface area contributed by atoms with Crippen molar-refractivity contribution < 1.29 is 4.42 Å². The second-order valence-corrected chi connectivity index (χ2v) is 11.6. The van der Waals surface area contributed by atoms with Crippen LogP contribution in [-0.4, -0.2) is 15.0 Å². The minimum Gasteiger partial charge on any atom is -0.456 e. The van der Waals surface area contributed by atoms with Crippen molar-refractivity contribution in [3.63, 3.8) is 0 Å². The maximum atomic E-state index is 6.49. The summed E-state index contributed by atoms with van der Waals surface area (Å²) in [7, 11) is 0. The molecule has 2 aliphatic rings. The number of hydrogen-bond acceptors (Lipinski definition) is 4. The second-order valence-electron chi connectivity index (χ2n) is 11.6. The van der Waals surface area contributed by atoms with Crippen molar-refractivity contribution in [3.8, 4) is 34.2 Å². The van der Waals surface area contributed by atoms with Gasteiger partial charge in [0, 0.05) is 39.3 Å². The van der Waals surface area contributed by atoms with Crippen LogP contribution >= 0.6 is 0 Å². The van der Waals surface area contributed by atoms with Gasteiger partial charge in [0.05, 0.1) is 0 Å². The monoisotopic (exact) mass is 577 g/mol. The molecule has 45 heavy (non-hydrogen) atoms. The topological polar surface area (TPSA) is 51.8 Å². The van der Waals surface area contributed by atoms with E-state index in [1.54, 1.807) is 0 Å². The summed E-state index contributed by atoms with van der Waals surface area (Å²) in [6, 6.07) is 41.4. The smallest absolute Gasteiger partial charge is 0.164 e. The van der Waals surface area contributed by atoms with E-state index in [4.69, 9.17) is 19.4 Å². The molecule has 0 saturated heterocycles. The molecule has 2 atom stereocenters. The summed E-state index contributed by atoms with van der Waals surface area (Å²) < 4.78 is 6.49. The zero-order valence-electron chi connectivity index (χ0n) is 24.3. The van der Waals surface area contributed by atoms with Gasteiger partial charge in [-0.3, -0.25) is 0 Å². The average molecular weight is 578 g/mol. The standard InChI is InChI=1S/C41H27N3O/c1-3-12-27(13-4-1)39-42-40(28-14-5-2-6-15-28)44-41(43-39)35-24-31(25-37-38(35)34-17-9-10-18-36(34)45-37)29-21-22-33-30(23-29)20-19-26-11-7-8-16-32(26)33/h1-25,30,33H. The Morgan fingerprint density at radius 1 is 0.533 bits per heavy atom. The molecule has 2 aromatic heterocycles. The minimum absolute atomic E-state index is 0.279. The molecule has 212 valence electrons. The summed E-state index contributed by atoms with van der Waals surface area (Å²) >= 11 is 0. The van der Waals surface area contributed by atoms with Gasteiger partial charge in [0.15, 0.2) is 17.5 Å². The van der Waals surface area contributed by atoms with Crippen molar-refractivity contribution in [2.75, 3.05) is 0 Å². The van der Waals surface area contributed by atoms with E-state index in [0.29, 0.717) is 23.4 Å². The van der Waals surface area contributed by atoms with Gasteiger partial charge < -0.3 is 4.42 Å². The summed E-state index contributed by atoms with van der Waals surface area (Å²) in [6.07, 6.45) is 11.5. The number of allylic oxidation sites excluding steroid dienone is 5. The molecule has 0 aliphatic heterocycles. The molecule has 5 aromatic carbocycles. The van der Waals surface area contributed by atoms with Gasteiger partial charge in [0.1, 0.15) is 11.2 Å². The molecule has 0 bridgehead atoms. The number of benzene rings is 5. The molecule has 2 aliphatic carbocycles. The largest absolute Gasteiger partial charge is 0.456 e. The maximum Gasteiger partial charge on any atom is 0.164 e. The molecule has 0 N–H and O–H groups in total. The summed E-state index contributed by atoms with van der Waals surface area (Å²) in [5.41, 5.74) is 9.35. The number of para-hydroxylation sites is 1. The fourth-order valence-electron chi connectivity index (χ4n) is 6.69. The van der Waals surface area contributed by atoms with Crippen LogP contribution in [-0.2, 0) is 0 Å². The fraction of sp³-hybridized carbons (Fsp3) is 0.0488. The first-order chi connectivity index (χ1) is 22.3. The summed E-state index contributed by atoms with van der Waals surface area (Å²) in [5, 5.41) is 2.04. The Kier molecular flexibility index (Phi) is 5.91. The number of aromatic nitrogens is 3. The van der Waals surface area contributed by atoms with Crippen LogP contribution in [0.3, 0.4) is 0 Å². The highest BCUT2D eigenvalue weighted by molar-refractivity contribution is 6.13. The van der Waals surface area contributed by atoms with Crippen LogP contribution in [0.15, 0.2) is 150 Å². The van der Waals surface area contributed by atoms with Crippen LogP contribution in [0.1, 0.15) is 22.6 Å².